The number of hydrogen-bond donors (Lipinski definition) is 0. The third-order valence-electron chi connectivity index (χ3n) is 6.87. The van der Waals surface area contributed by atoms with Gasteiger partial charge in [-0.15, -0.1) is 0 Å². The van der Waals surface area contributed by atoms with Crippen LogP contribution >= 0.6 is 23.2 Å². The number of pyridine rings is 1. The van der Waals surface area contributed by atoms with Gasteiger partial charge in [-0.3, -0.25) is 4.79 Å². The lowest BCUT2D eigenvalue weighted by atomic mass is 9.68. The molecule has 0 unspecified atom stereocenters. The maximum Gasteiger partial charge on any atom is 0.314 e. The molecule has 0 amide bonds. The number of esters is 1. The molecular weight excluding hydrogens is 393 g/mol. The first kappa shape index (κ1) is 21.9. The maximum atomic E-state index is 12.5. The molecule has 0 aromatic carbocycles. The smallest absolute Gasteiger partial charge is 0.314 e. The first-order valence-corrected chi connectivity index (χ1v) is 11.8. The fourth-order valence-electron chi connectivity index (χ4n) is 5.12. The largest absolute Gasteiger partial charge is 0.425 e. The van der Waals surface area contributed by atoms with Crippen molar-refractivity contribution in [1.82, 2.24) is 4.98 Å². The van der Waals surface area contributed by atoms with E-state index in [4.69, 9.17) is 27.9 Å². The number of carbonyl (C=O) groups is 1. The molecule has 5 heteroatoms. The average molecular weight is 426 g/mol. The molecule has 0 spiro atoms. The van der Waals surface area contributed by atoms with Crippen LogP contribution in [0.15, 0.2) is 12.3 Å². The summed E-state index contributed by atoms with van der Waals surface area (Å²) in [6.07, 6.45) is 16.8. The molecule has 2 aliphatic carbocycles. The SMILES string of the molecule is CCCCC[C@H]1CC[C@H](C2CCC(C(=O)Oc3cnc(Cl)c(Cl)c3)CC2)CC1. The number of unbranched alkanes of at least 4 members (excludes halogenated alkanes) is 2. The Hall–Kier alpha value is -0.800. The standard InChI is InChI=1S/C23H33Cl2NO2/c1-2-3-4-5-16-6-8-17(9-7-16)18-10-12-19(13-11-18)23(27)28-20-14-21(24)22(25)26-15-20/h14-19H,2-13H2,1H3/t16-,17-,18?,19?. The van der Waals surface area contributed by atoms with Crippen LogP contribution in [0.1, 0.15) is 84.0 Å². The summed E-state index contributed by atoms with van der Waals surface area (Å²) in [6, 6.07) is 1.55. The van der Waals surface area contributed by atoms with E-state index in [2.05, 4.69) is 11.9 Å². The Morgan fingerprint density at radius 1 is 1.04 bits per heavy atom. The molecule has 0 aliphatic heterocycles. The van der Waals surface area contributed by atoms with Crippen molar-refractivity contribution in [1.29, 1.82) is 0 Å². The summed E-state index contributed by atoms with van der Waals surface area (Å²) in [7, 11) is 0. The van der Waals surface area contributed by atoms with E-state index in [0.717, 1.165) is 43.4 Å². The van der Waals surface area contributed by atoms with Crippen LogP contribution in [0.25, 0.3) is 0 Å². The summed E-state index contributed by atoms with van der Waals surface area (Å²) in [5.41, 5.74) is 0. The van der Waals surface area contributed by atoms with Crippen molar-refractivity contribution < 1.29 is 9.53 Å². The molecule has 0 bridgehead atoms. The highest BCUT2D eigenvalue weighted by Gasteiger charge is 2.33. The van der Waals surface area contributed by atoms with Crippen LogP contribution in [0.3, 0.4) is 0 Å². The summed E-state index contributed by atoms with van der Waals surface area (Å²) in [6.45, 7) is 2.28. The topological polar surface area (TPSA) is 39.2 Å². The second-order valence-corrected chi connectivity index (χ2v) is 9.52. The number of aromatic nitrogens is 1. The first-order chi connectivity index (χ1) is 13.6. The van der Waals surface area contributed by atoms with E-state index in [1.54, 1.807) is 6.07 Å². The molecule has 3 rings (SSSR count). The highest BCUT2D eigenvalue weighted by molar-refractivity contribution is 6.41. The van der Waals surface area contributed by atoms with Crippen LogP contribution in [-0.4, -0.2) is 11.0 Å². The van der Waals surface area contributed by atoms with Gasteiger partial charge < -0.3 is 4.74 Å². The van der Waals surface area contributed by atoms with Gasteiger partial charge in [-0.2, -0.15) is 0 Å². The van der Waals surface area contributed by atoms with Crippen molar-refractivity contribution in [3.63, 3.8) is 0 Å². The van der Waals surface area contributed by atoms with Gasteiger partial charge in [-0.05, 0) is 56.3 Å². The predicted octanol–water partition coefficient (Wildman–Crippen LogP) is 7.49. The second-order valence-electron chi connectivity index (χ2n) is 8.75. The lowest BCUT2D eigenvalue weighted by molar-refractivity contribution is -0.140. The lowest BCUT2D eigenvalue weighted by Gasteiger charge is -2.37. The summed E-state index contributed by atoms with van der Waals surface area (Å²) in [5, 5.41) is 0.531. The van der Waals surface area contributed by atoms with E-state index >= 15 is 0 Å². The van der Waals surface area contributed by atoms with E-state index < -0.39 is 0 Å². The first-order valence-electron chi connectivity index (χ1n) is 11.1. The van der Waals surface area contributed by atoms with Gasteiger partial charge in [-0.25, -0.2) is 4.98 Å². The molecular formula is C23H33Cl2NO2. The maximum absolute atomic E-state index is 12.5. The highest BCUT2D eigenvalue weighted by Crippen LogP contribution is 2.42. The molecule has 0 N–H and O–H groups in total. The summed E-state index contributed by atoms with van der Waals surface area (Å²) >= 11 is 11.8. The molecule has 156 valence electrons. The molecule has 28 heavy (non-hydrogen) atoms. The zero-order valence-corrected chi connectivity index (χ0v) is 18.5. The van der Waals surface area contributed by atoms with Crippen molar-refractivity contribution in [2.75, 3.05) is 0 Å². The Balaban J connectivity index is 1.39. The molecule has 0 atom stereocenters. The molecule has 2 fully saturated rings. The average Bonchev–Trinajstić information content (AvgIpc) is 2.72. The lowest BCUT2D eigenvalue weighted by Crippen LogP contribution is -2.30. The Bertz CT molecular complexity index is 635. The molecule has 0 radical (unpaired) electrons. The molecule has 1 aromatic rings. The van der Waals surface area contributed by atoms with Gasteiger partial charge in [0.05, 0.1) is 17.1 Å². The Morgan fingerprint density at radius 2 is 1.68 bits per heavy atom. The van der Waals surface area contributed by atoms with E-state index in [1.165, 1.54) is 57.6 Å². The van der Waals surface area contributed by atoms with Crippen molar-refractivity contribution in [3.05, 3.63) is 22.4 Å². The van der Waals surface area contributed by atoms with E-state index in [-0.39, 0.29) is 17.0 Å². The van der Waals surface area contributed by atoms with Gasteiger partial charge >= 0.3 is 5.97 Å². The van der Waals surface area contributed by atoms with E-state index in [1.807, 2.05) is 0 Å². The molecule has 2 aliphatic rings. The molecule has 1 heterocycles. The monoisotopic (exact) mass is 425 g/mol. The third-order valence-corrected chi connectivity index (χ3v) is 7.55. The highest BCUT2D eigenvalue weighted by atomic mass is 35.5. The van der Waals surface area contributed by atoms with Gasteiger partial charge in [0, 0.05) is 6.07 Å². The summed E-state index contributed by atoms with van der Waals surface area (Å²) < 4.78 is 5.49. The third kappa shape index (κ3) is 6.10. The minimum atomic E-state index is -0.154. The summed E-state index contributed by atoms with van der Waals surface area (Å²) in [4.78, 5) is 16.4. The number of nitrogens with zero attached hydrogens (tertiary/aromatic N) is 1. The predicted molar refractivity (Wildman–Crippen MR) is 115 cm³/mol. The van der Waals surface area contributed by atoms with Crippen LogP contribution in [-0.2, 0) is 4.79 Å². The minimum Gasteiger partial charge on any atom is -0.425 e. The van der Waals surface area contributed by atoms with Gasteiger partial charge in [0.1, 0.15) is 5.15 Å². The minimum absolute atomic E-state index is 0.00362. The number of halogens is 2. The zero-order valence-electron chi connectivity index (χ0n) is 17.0. The van der Waals surface area contributed by atoms with Crippen LogP contribution < -0.4 is 4.74 Å². The molecule has 2 saturated carbocycles. The number of hydrogen-bond acceptors (Lipinski definition) is 3. The quantitative estimate of drug-likeness (QED) is 0.258. The number of carbonyl (C=O) groups excluding carboxylic acids is 1. The van der Waals surface area contributed by atoms with Crippen LogP contribution in [0.4, 0.5) is 0 Å². The van der Waals surface area contributed by atoms with Crippen molar-refractivity contribution in [2.45, 2.75) is 84.0 Å². The Morgan fingerprint density at radius 3 is 2.29 bits per heavy atom. The van der Waals surface area contributed by atoms with Gasteiger partial charge in [0.25, 0.3) is 0 Å². The Labute approximate surface area is 179 Å². The van der Waals surface area contributed by atoms with E-state index in [9.17, 15) is 4.79 Å². The zero-order chi connectivity index (χ0) is 19.9. The molecule has 0 saturated heterocycles. The van der Waals surface area contributed by atoms with Crippen LogP contribution in [0, 0.1) is 23.7 Å². The van der Waals surface area contributed by atoms with Crippen molar-refractivity contribution >= 4 is 29.2 Å². The van der Waals surface area contributed by atoms with Crippen LogP contribution in [0.5, 0.6) is 5.75 Å². The van der Waals surface area contributed by atoms with Gasteiger partial charge in [-0.1, -0.05) is 68.7 Å². The fraction of sp³-hybridized carbons (Fsp3) is 0.739. The fourth-order valence-corrected chi connectivity index (χ4v) is 5.38. The van der Waals surface area contributed by atoms with E-state index in [0.29, 0.717) is 10.8 Å². The second kappa shape index (κ2) is 10.8. The molecule has 1 aromatic heterocycles. The van der Waals surface area contributed by atoms with Crippen molar-refractivity contribution in [2.24, 2.45) is 23.7 Å². The number of rotatable bonds is 7. The van der Waals surface area contributed by atoms with Gasteiger partial charge in [0.15, 0.2) is 5.75 Å². The molecule has 3 nitrogen and oxygen atoms in total. The summed E-state index contributed by atoms with van der Waals surface area (Å²) in [5.74, 6) is 2.86. The van der Waals surface area contributed by atoms with Gasteiger partial charge in [0.2, 0.25) is 0 Å². The van der Waals surface area contributed by atoms with Crippen molar-refractivity contribution in [3.8, 4) is 5.75 Å². The van der Waals surface area contributed by atoms with Crippen LogP contribution in [0.2, 0.25) is 10.2 Å². The number of ether oxygens (including phenoxy) is 1. The normalized spacial score (nSPS) is 28.1. The Kier molecular flexibility index (Phi) is 8.47.